The first-order valence-corrected chi connectivity index (χ1v) is 5.88. The molecule has 0 aromatic rings. The van der Waals surface area contributed by atoms with Crippen LogP contribution in [0.2, 0.25) is 0 Å². The highest BCUT2D eigenvalue weighted by molar-refractivity contribution is 7.81. The monoisotopic (exact) mass is 240 g/mol. The summed E-state index contributed by atoms with van der Waals surface area (Å²) in [7, 11) is 0. The van der Waals surface area contributed by atoms with Crippen LogP contribution in [0.4, 0.5) is 0 Å². The molecule has 0 spiro atoms. The van der Waals surface area contributed by atoms with Gasteiger partial charge in [-0.1, -0.05) is 0 Å². The first-order chi connectivity index (χ1) is 6.61. The van der Waals surface area contributed by atoms with Crippen molar-refractivity contribution in [2.45, 2.75) is 37.1 Å². The zero-order valence-corrected chi connectivity index (χ0v) is 10.5. The molecule has 0 saturated heterocycles. The Morgan fingerprint density at radius 2 is 1.86 bits per heavy atom. The van der Waals surface area contributed by atoms with E-state index in [2.05, 4.69) is 25.3 Å². The second-order valence-electron chi connectivity index (χ2n) is 2.94. The minimum atomic E-state index is -0.651. The summed E-state index contributed by atoms with van der Waals surface area (Å²) in [5, 5.41) is 9.04. The average molecular weight is 240 g/mol. The van der Waals surface area contributed by atoms with E-state index in [4.69, 9.17) is 14.6 Å². The van der Waals surface area contributed by atoms with Crippen LogP contribution < -0.4 is 0 Å². The maximum atomic E-state index is 9.08. The van der Waals surface area contributed by atoms with Gasteiger partial charge in [0.2, 0.25) is 0 Å². The summed E-state index contributed by atoms with van der Waals surface area (Å²) in [4.78, 5) is 0. The number of hydrogen-bond donors (Lipinski definition) is 3. The number of hydrogen-bond acceptors (Lipinski definition) is 5. The highest BCUT2D eigenvalue weighted by Crippen LogP contribution is 2.15. The Bertz CT molecular complexity index is 133. The van der Waals surface area contributed by atoms with Gasteiger partial charge >= 0.3 is 0 Å². The van der Waals surface area contributed by atoms with Crippen molar-refractivity contribution >= 4 is 25.3 Å². The summed E-state index contributed by atoms with van der Waals surface area (Å²) in [6.07, 6.45) is 0.411. The number of thiol groups is 2. The van der Waals surface area contributed by atoms with Gasteiger partial charge in [0.05, 0.1) is 18.1 Å². The van der Waals surface area contributed by atoms with Crippen molar-refractivity contribution in [1.29, 1.82) is 0 Å². The van der Waals surface area contributed by atoms with Gasteiger partial charge in [-0.15, -0.1) is 12.6 Å². The summed E-state index contributed by atoms with van der Waals surface area (Å²) in [6.45, 7) is 5.66. The van der Waals surface area contributed by atoms with Crippen LogP contribution in [0.15, 0.2) is 0 Å². The Morgan fingerprint density at radius 1 is 1.21 bits per heavy atom. The lowest BCUT2D eigenvalue weighted by Gasteiger charge is -2.23. The van der Waals surface area contributed by atoms with Crippen molar-refractivity contribution in [1.82, 2.24) is 0 Å². The predicted molar refractivity (Wildman–Crippen MR) is 64.3 cm³/mol. The van der Waals surface area contributed by atoms with E-state index in [1.807, 2.05) is 13.8 Å². The zero-order chi connectivity index (χ0) is 11.0. The Morgan fingerprint density at radius 3 is 2.29 bits per heavy atom. The van der Waals surface area contributed by atoms with Gasteiger partial charge in [-0.3, -0.25) is 0 Å². The predicted octanol–water partition coefficient (Wildman–Crippen LogP) is 1.36. The van der Waals surface area contributed by atoms with Crippen LogP contribution in [0.25, 0.3) is 0 Å². The third kappa shape index (κ3) is 6.95. The normalized spacial score (nSPS) is 17.8. The SMILES string of the molecule is CCOCC(OCC)C(S)CC(O)S. The molecule has 14 heavy (non-hydrogen) atoms. The summed E-state index contributed by atoms with van der Waals surface area (Å²) >= 11 is 8.26. The summed E-state index contributed by atoms with van der Waals surface area (Å²) in [5.41, 5.74) is -0.651. The van der Waals surface area contributed by atoms with Crippen LogP contribution in [-0.2, 0) is 9.47 Å². The molecule has 0 aliphatic carbocycles. The molecule has 5 heteroatoms. The number of ether oxygens (including phenoxy) is 2. The molecule has 1 N–H and O–H groups in total. The van der Waals surface area contributed by atoms with E-state index in [0.717, 1.165) is 0 Å². The number of aliphatic hydroxyl groups excluding tert-OH is 1. The van der Waals surface area contributed by atoms with Gasteiger partial charge in [0.15, 0.2) is 0 Å². The van der Waals surface area contributed by atoms with E-state index < -0.39 is 5.44 Å². The summed E-state index contributed by atoms with van der Waals surface area (Å²) < 4.78 is 10.7. The van der Waals surface area contributed by atoms with Crippen molar-refractivity contribution in [2.24, 2.45) is 0 Å². The molecule has 3 nitrogen and oxygen atoms in total. The molecule has 0 amide bonds. The minimum Gasteiger partial charge on any atom is -0.383 e. The molecule has 0 radical (unpaired) electrons. The molecule has 3 atom stereocenters. The van der Waals surface area contributed by atoms with Crippen LogP contribution in [0.1, 0.15) is 20.3 Å². The molecular formula is C9H20O3S2. The molecule has 86 valence electrons. The number of aliphatic hydroxyl groups is 1. The van der Waals surface area contributed by atoms with Crippen LogP contribution in [0, 0.1) is 0 Å². The molecule has 0 heterocycles. The van der Waals surface area contributed by atoms with Crippen molar-refractivity contribution in [3.05, 3.63) is 0 Å². The molecule has 0 bridgehead atoms. The largest absolute Gasteiger partial charge is 0.383 e. The lowest BCUT2D eigenvalue weighted by molar-refractivity contribution is -0.0120. The maximum absolute atomic E-state index is 9.08. The molecule has 0 fully saturated rings. The molecule has 3 unspecified atom stereocenters. The fourth-order valence-electron chi connectivity index (χ4n) is 1.09. The zero-order valence-electron chi connectivity index (χ0n) is 8.72. The van der Waals surface area contributed by atoms with Gasteiger partial charge < -0.3 is 14.6 Å². The first kappa shape index (κ1) is 14.6. The maximum Gasteiger partial charge on any atom is 0.0976 e. The fourth-order valence-corrected chi connectivity index (χ4v) is 1.85. The second kappa shape index (κ2) is 8.85. The van der Waals surface area contributed by atoms with Crippen LogP contribution in [0.3, 0.4) is 0 Å². The summed E-state index contributed by atoms with van der Waals surface area (Å²) in [6, 6.07) is 0. The molecule has 0 aliphatic heterocycles. The van der Waals surface area contributed by atoms with Gasteiger partial charge in [0, 0.05) is 18.5 Å². The van der Waals surface area contributed by atoms with E-state index in [0.29, 0.717) is 26.2 Å². The lowest BCUT2D eigenvalue weighted by atomic mass is 10.2. The average Bonchev–Trinajstić information content (AvgIpc) is 2.10. The van der Waals surface area contributed by atoms with Crippen molar-refractivity contribution in [3.63, 3.8) is 0 Å². The van der Waals surface area contributed by atoms with Gasteiger partial charge in [0.25, 0.3) is 0 Å². The third-order valence-electron chi connectivity index (χ3n) is 1.75. The van der Waals surface area contributed by atoms with E-state index >= 15 is 0 Å². The van der Waals surface area contributed by atoms with E-state index in [1.165, 1.54) is 0 Å². The first-order valence-electron chi connectivity index (χ1n) is 4.85. The molecule has 0 aromatic heterocycles. The van der Waals surface area contributed by atoms with Crippen molar-refractivity contribution in [2.75, 3.05) is 19.8 Å². The quantitative estimate of drug-likeness (QED) is 0.443. The van der Waals surface area contributed by atoms with Gasteiger partial charge in [-0.25, -0.2) is 0 Å². The number of rotatable bonds is 8. The highest BCUT2D eigenvalue weighted by atomic mass is 32.1. The molecular weight excluding hydrogens is 220 g/mol. The highest BCUT2D eigenvalue weighted by Gasteiger charge is 2.20. The van der Waals surface area contributed by atoms with Crippen molar-refractivity contribution < 1.29 is 14.6 Å². The van der Waals surface area contributed by atoms with E-state index in [1.54, 1.807) is 0 Å². The van der Waals surface area contributed by atoms with Crippen molar-refractivity contribution in [3.8, 4) is 0 Å². The molecule has 0 aromatic carbocycles. The molecule has 0 aliphatic rings. The smallest absolute Gasteiger partial charge is 0.0976 e. The van der Waals surface area contributed by atoms with E-state index in [-0.39, 0.29) is 11.4 Å². The Hall–Kier alpha value is 0.580. The van der Waals surface area contributed by atoms with Gasteiger partial charge in [-0.2, -0.15) is 12.6 Å². The molecule has 0 saturated carbocycles. The van der Waals surface area contributed by atoms with Gasteiger partial charge in [0.1, 0.15) is 0 Å². The van der Waals surface area contributed by atoms with Crippen LogP contribution in [0.5, 0.6) is 0 Å². The fraction of sp³-hybridized carbons (Fsp3) is 1.00. The van der Waals surface area contributed by atoms with Crippen LogP contribution in [-0.4, -0.2) is 41.7 Å². The summed E-state index contributed by atoms with van der Waals surface area (Å²) in [5.74, 6) is 0. The topological polar surface area (TPSA) is 38.7 Å². The second-order valence-corrected chi connectivity index (χ2v) is 4.20. The Labute approximate surface area is 97.0 Å². The van der Waals surface area contributed by atoms with Gasteiger partial charge in [-0.05, 0) is 20.3 Å². The lowest BCUT2D eigenvalue weighted by Crippen LogP contribution is -2.32. The molecule has 0 rings (SSSR count). The standard InChI is InChI=1S/C9H20O3S2/c1-3-11-6-7(12-4-2)8(13)5-9(10)14/h7-10,13-14H,3-6H2,1-2H3. The minimum absolute atomic E-state index is 0.0472. The Kier molecular flexibility index (Phi) is 9.22. The van der Waals surface area contributed by atoms with E-state index in [9.17, 15) is 0 Å². The third-order valence-corrected chi connectivity index (χ3v) is 2.50. The Balaban J connectivity index is 3.89. The van der Waals surface area contributed by atoms with Crippen LogP contribution >= 0.6 is 25.3 Å².